The van der Waals surface area contributed by atoms with E-state index in [1.54, 1.807) is 10.9 Å². The molecular weight excluding hydrogens is 258 g/mol. The lowest BCUT2D eigenvalue weighted by molar-refractivity contribution is 0.0772. The van der Waals surface area contributed by atoms with E-state index >= 15 is 0 Å². The Balaban J connectivity index is 1.94. The molecule has 5 heteroatoms. The monoisotopic (exact) mass is 273 g/mol. The molecule has 1 aromatic heterocycles. The number of amides is 1. The van der Waals surface area contributed by atoms with Crippen molar-refractivity contribution in [3.8, 4) is 5.69 Å². The molecule has 2 aromatic rings. The SMILES string of the molecule is O=C(c1ccccc1-n1cccn1)N1CCSCC1. The lowest BCUT2D eigenvalue weighted by atomic mass is 10.1. The molecule has 0 N–H and O–H groups in total. The molecule has 0 unspecified atom stereocenters. The summed E-state index contributed by atoms with van der Waals surface area (Å²) < 4.78 is 1.74. The molecule has 4 nitrogen and oxygen atoms in total. The van der Waals surface area contributed by atoms with Gasteiger partial charge in [0.2, 0.25) is 0 Å². The topological polar surface area (TPSA) is 38.1 Å². The number of para-hydroxylation sites is 1. The third kappa shape index (κ3) is 2.51. The first kappa shape index (κ1) is 12.3. The number of hydrogen-bond donors (Lipinski definition) is 0. The molecule has 0 aliphatic carbocycles. The van der Waals surface area contributed by atoms with Crippen molar-refractivity contribution in [2.75, 3.05) is 24.6 Å². The molecule has 98 valence electrons. The van der Waals surface area contributed by atoms with E-state index in [2.05, 4.69) is 5.10 Å². The average Bonchev–Trinajstić information content (AvgIpc) is 3.01. The largest absolute Gasteiger partial charge is 0.337 e. The molecule has 1 amide bonds. The van der Waals surface area contributed by atoms with Crippen molar-refractivity contribution >= 4 is 17.7 Å². The molecule has 1 saturated heterocycles. The highest BCUT2D eigenvalue weighted by atomic mass is 32.2. The van der Waals surface area contributed by atoms with Crippen molar-refractivity contribution in [3.05, 3.63) is 48.3 Å². The molecule has 0 bridgehead atoms. The summed E-state index contributed by atoms with van der Waals surface area (Å²) in [5.74, 6) is 2.15. The van der Waals surface area contributed by atoms with Crippen LogP contribution >= 0.6 is 11.8 Å². The minimum atomic E-state index is 0.103. The van der Waals surface area contributed by atoms with Crippen molar-refractivity contribution in [2.24, 2.45) is 0 Å². The zero-order valence-electron chi connectivity index (χ0n) is 10.5. The first-order chi connectivity index (χ1) is 9.36. The number of aromatic nitrogens is 2. The summed E-state index contributed by atoms with van der Waals surface area (Å²) in [5, 5.41) is 4.22. The van der Waals surface area contributed by atoms with Gasteiger partial charge in [-0.2, -0.15) is 16.9 Å². The number of thioether (sulfide) groups is 1. The summed E-state index contributed by atoms with van der Waals surface area (Å²) in [6.45, 7) is 1.66. The third-order valence-corrected chi connectivity index (χ3v) is 4.13. The van der Waals surface area contributed by atoms with Crippen LogP contribution in [0.5, 0.6) is 0 Å². The predicted octanol–water partition coefficient (Wildman–Crippen LogP) is 2.06. The lowest BCUT2D eigenvalue weighted by Crippen LogP contribution is -2.38. The molecule has 0 atom stereocenters. The van der Waals surface area contributed by atoms with Gasteiger partial charge in [-0.3, -0.25) is 4.79 Å². The van der Waals surface area contributed by atoms with Gasteiger partial charge >= 0.3 is 0 Å². The Morgan fingerprint density at radius 3 is 2.68 bits per heavy atom. The predicted molar refractivity (Wildman–Crippen MR) is 76.8 cm³/mol. The number of carbonyl (C=O) groups excluding carboxylic acids is 1. The number of rotatable bonds is 2. The number of nitrogens with zero attached hydrogens (tertiary/aromatic N) is 3. The van der Waals surface area contributed by atoms with E-state index in [1.807, 2.05) is 53.2 Å². The van der Waals surface area contributed by atoms with Gasteiger partial charge in [0.25, 0.3) is 5.91 Å². The molecule has 1 aliphatic rings. The summed E-state index contributed by atoms with van der Waals surface area (Å²) in [6, 6.07) is 9.50. The van der Waals surface area contributed by atoms with Crippen molar-refractivity contribution in [3.63, 3.8) is 0 Å². The number of hydrogen-bond acceptors (Lipinski definition) is 3. The molecule has 0 radical (unpaired) electrons. The van der Waals surface area contributed by atoms with Gasteiger partial charge in [0.05, 0.1) is 11.3 Å². The maximum Gasteiger partial charge on any atom is 0.256 e. The molecule has 0 spiro atoms. The van der Waals surface area contributed by atoms with Crippen molar-refractivity contribution in [1.82, 2.24) is 14.7 Å². The summed E-state index contributed by atoms with van der Waals surface area (Å²) in [6.07, 6.45) is 3.58. The van der Waals surface area contributed by atoms with Crippen LogP contribution in [0.4, 0.5) is 0 Å². The van der Waals surface area contributed by atoms with Crippen LogP contribution in [-0.4, -0.2) is 45.2 Å². The number of carbonyl (C=O) groups is 1. The Labute approximate surface area is 116 Å². The van der Waals surface area contributed by atoms with Gasteiger partial charge in [-0.05, 0) is 18.2 Å². The van der Waals surface area contributed by atoms with Gasteiger partial charge in [0.1, 0.15) is 0 Å². The Kier molecular flexibility index (Phi) is 3.55. The summed E-state index contributed by atoms with van der Waals surface area (Å²) in [4.78, 5) is 14.5. The van der Waals surface area contributed by atoms with Crippen LogP contribution < -0.4 is 0 Å². The number of benzene rings is 1. The van der Waals surface area contributed by atoms with Crippen LogP contribution in [-0.2, 0) is 0 Å². The van der Waals surface area contributed by atoms with E-state index in [-0.39, 0.29) is 5.91 Å². The highest BCUT2D eigenvalue weighted by molar-refractivity contribution is 7.99. The van der Waals surface area contributed by atoms with Crippen LogP contribution in [0, 0.1) is 0 Å². The summed E-state index contributed by atoms with van der Waals surface area (Å²) >= 11 is 1.90. The summed E-state index contributed by atoms with van der Waals surface area (Å²) in [5.41, 5.74) is 1.56. The molecular formula is C14H15N3OS. The third-order valence-electron chi connectivity index (χ3n) is 3.18. The second-order valence-electron chi connectivity index (χ2n) is 4.37. The zero-order chi connectivity index (χ0) is 13.1. The molecule has 19 heavy (non-hydrogen) atoms. The highest BCUT2D eigenvalue weighted by Crippen LogP contribution is 2.18. The Bertz CT molecular complexity index is 562. The van der Waals surface area contributed by atoms with Gasteiger partial charge in [-0.1, -0.05) is 12.1 Å². The molecule has 1 fully saturated rings. The fraction of sp³-hybridized carbons (Fsp3) is 0.286. The molecule has 2 heterocycles. The van der Waals surface area contributed by atoms with Crippen LogP contribution in [0.3, 0.4) is 0 Å². The fourth-order valence-electron chi connectivity index (χ4n) is 2.20. The second kappa shape index (κ2) is 5.48. The summed E-state index contributed by atoms with van der Waals surface area (Å²) in [7, 11) is 0. The van der Waals surface area contributed by atoms with Gasteiger partial charge in [-0.15, -0.1) is 0 Å². The minimum absolute atomic E-state index is 0.103. The molecule has 1 aliphatic heterocycles. The lowest BCUT2D eigenvalue weighted by Gasteiger charge is -2.27. The van der Waals surface area contributed by atoms with E-state index in [0.717, 1.165) is 35.8 Å². The van der Waals surface area contributed by atoms with Crippen molar-refractivity contribution in [1.29, 1.82) is 0 Å². The van der Waals surface area contributed by atoms with Crippen LogP contribution in [0.1, 0.15) is 10.4 Å². The first-order valence-electron chi connectivity index (χ1n) is 6.32. The normalized spacial score (nSPS) is 15.5. The molecule has 0 saturated carbocycles. The van der Waals surface area contributed by atoms with Gasteiger partial charge < -0.3 is 4.90 Å². The minimum Gasteiger partial charge on any atom is -0.337 e. The average molecular weight is 273 g/mol. The van der Waals surface area contributed by atoms with Gasteiger partial charge in [0, 0.05) is 37.0 Å². The van der Waals surface area contributed by atoms with Crippen molar-refractivity contribution < 1.29 is 4.79 Å². The van der Waals surface area contributed by atoms with E-state index in [4.69, 9.17) is 0 Å². The van der Waals surface area contributed by atoms with Crippen molar-refractivity contribution in [2.45, 2.75) is 0 Å². The van der Waals surface area contributed by atoms with Crippen LogP contribution in [0.25, 0.3) is 5.69 Å². The smallest absolute Gasteiger partial charge is 0.256 e. The Morgan fingerprint density at radius 2 is 1.95 bits per heavy atom. The van der Waals surface area contributed by atoms with Gasteiger partial charge in [0.15, 0.2) is 0 Å². The Morgan fingerprint density at radius 1 is 1.16 bits per heavy atom. The Hall–Kier alpha value is -1.75. The van der Waals surface area contributed by atoms with E-state index in [9.17, 15) is 4.79 Å². The molecule has 1 aromatic carbocycles. The molecule has 3 rings (SSSR count). The zero-order valence-corrected chi connectivity index (χ0v) is 11.3. The highest BCUT2D eigenvalue weighted by Gasteiger charge is 2.21. The maximum atomic E-state index is 12.6. The maximum absolute atomic E-state index is 12.6. The quantitative estimate of drug-likeness (QED) is 0.840. The second-order valence-corrected chi connectivity index (χ2v) is 5.60. The standard InChI is InChI=1S/C14H15N3OS/c18-14(16-8-10-19-11-9-16)12-4-1-2-5-13(12)17-7-3-6-15-17/h1-7H,8-11H2. The van der Waals surface area contributed by atoms with Crippen LogP contribution in [0.15, 0.2) is 42.7 Å². The van der Waals surface area contributed by atoms with Crippen LogP contribution in [0.2, 0.25) is 0 Å². The van der Waals surface area contributed by atoms with E-state index < -0.39 is 0 Å². The van der Waals surface area contributed by atoms with E-state index in [0.29, 0.717) is 0 Å². The first-order valence-corrected chi connectivity index (χ1v) is 7.48. The van der Waals surface area contributed by atoms with E-state index in [1.165, 1.54) is 0 Å². The fourth-order valence-corrected chi connectivity index (χ4v) is 3.11. The van der Waals surface area contributed by atoms with Gasteiger partial charge in [-0.25, -0.2) is 4.68 Å².